The molecule has 0 amide bonds. The van der Waals surface area contributed by atoms with Crippen LogP contribution in [0.5, 0.6) is 0 Å². The second-order valence-corrected chi connectivity index (χ2v) is 4.51. The fraction of sp³-hybridized carbons (Fsp3) is 0.333. The molecule has 0 atom stereocenters. The van der Waals surface area contributed by atoms with Crippen LogP contribution in [0.15, 0.2) is 71.9 Å². The molecule has 0 radical (unpaired) electrons. The van der Waals surface area contributed by atoms with E-state index in [9.17, 15) is 0 Å². The average Bonchev–Trinajstić information content (AvgIpc) is 2.40. The lowest BCUT2D eigenvalue weighted by atomic mass is 9.86. The van der Waals surface area contributed by atoms with Gasteiger partial charge in [0, 0.05) is 0 Å². The zero-order valence-electron chi connectivity index (χ0n) is 11.7. The Hall–Kier alpha value is -1.56. The summed E-state index contributed by atoms with van der Waals surface area (Å²) < 4.78 is 0. The van der Waals surface area contributed by atoms with Gasteiger partial charge < -0.3 is 0 Å². The van der Waals surface area contributed by atoms with Crippen LogP contribution in [-0.4, -0.2) is 0 Å². The summed E-state index contributed by atoms with van der Waals surface area (Å²) in [4.78, 5) is 0. The third-order valence-corrected chi connectivity index (χ3v) is 3.24. The summed E-state index contributed by atoms with van der Waals surface area (Å²) in [6, 6.07) is 0. The third kappa shape index (κ3) is 3.73. The van der Waals surface area contributed by atoms with Crippen LogP contribution < -0.4 is 0 Å². The third-order valence-electron chi connectivity index (χ3n) is 3.24. The first kappa shape index (κ1) is 14.5. The van der Waals surface area contributed by atoms with E-state index in [0.717, 1.165) is 11.1 Å². The van der Waals surface area contributed by atoms with Crippen molar-refractivity contribution in [2.75, 3.05) is 0 Å². The molecular formula is C18H24. The molecule has 0 unspecified atom stereocenters. The summed E-state index contributed by atoms with van der Waals surface area (Å²) >= 11 is 0. The Labute approximate surface area is 112 Å². The van der Waals surface area contributed by atoms with Crippen molar-refractivity contribution in [2.45, 2.75) is 39.5 Å². The van der Waals surface area contributed by atoms with Gasteiger partial charge in [-0.2, -0.15) is 0 Å². The van der Waals surface area contributed by atoms with E-state index in [1.807, 2.05) is 25.2 Å². The molecule has 0 bridgehead atoms. The second kappa shape index (κ2) is 7.71. The van der Waals surface area contributed by atoms with Crippen molar-refractivity contribution in [3.8, 4) is 0 Å². The Morgan fingerprint density at radius 3 is 2.56 bits per heavy atom. The summed E-state index contributed by atoms with van der Waals surface area (Å²) in [6.07, 6.45) is 17.5. The maximum atomic E-state index is 4.26. The van der Waals surface area contributed by atoms with Crippen molar-refractivity contribution in [1.82, 2.24) is 0 Å². The molecule has 0 N–H and O–H groups in total. The van der Waals surface area contributed by atoms with Crippen molar-refractivity contribution in [3.63, 3.8) is 0 Å². The van der Waals surface area contributed by atoms with Crippen molar-refractivity contribution < 1.29 is 0 Å². The van der Waals surface area contributed by atoms with Gasteiger partial charge in [0.25, 0.3) is 0 Å². The van der Waals surface area contributed by atoms with Gasteiger partial charge in [0.05, 0.1) is 0 Å². The van der Waals surface area contributed by atoms with Gasteiger partial charge >= 0.3 is 0 Å². The molecule has 0 saturated carbocycles. The molecule has 1 aliphatic carbocycles. The second-order valence-electron chi connectivity index (χ2n) is 4.51. The highest BCUT2D eigenvalue weighted by Crippen LogP contribution is 2.31. The predicted octanol–water partition coefficient (Wildman–Crippen LogP) is 5.68. The zero-order valence-corrected chi connectivity index (χ0v) is 11.7. The van der Waals surface area contributed by atoms with Gasteiger partial charge in [-0.3, -0.25) is 0 Å². The minimum atomic E-state index is 1.10. The largest absolute Gasteiger partial charge is 0.0990 e. The Kier molecular flexibility index (Phi) is 6.21. The Morgan fingerprint density at radius 1 is 1.28 bits per heavy atom. The average molecular weight is 240 g/mol. The van der Waals surface area contributed by atoms with E-state index in [1.54, 1.807) is 0 Å². The van der Waals surface area contributed by atoms with Crippen LogP contribution in [0, 0.1) is 0 Å². The Balaban J connectivity index is 3.01. The topological polar surface area (TPSA) is 0 Å². The highest BCUT2D eigenvalue weighted by Gasteiger charge is 2.12. The van der Waals surface area contributed by atoms with E-state index >= 15 is 0 Å². The molecule has 96 valence electrons. The molecule has 0 heterocycles. The van der Waals surface area contributed by atoms with Gasteiger partial charge in [-0.25, -0.2) is 0 Å². The summed E-state index contributed by atoms with van der Waals surface area (Å²) in [6.45, 7) is 12.2. The van der Waals surface area contributed by atoms with Crippen LogP contribution >= 0.6 is 0 Å². The van der Waals surface area contributed by atoms with E-state index in [0.29, 0.717) is 0 Å². The number of rotatable bonds is 5. The normalized spacial score (nSPS) is 17.8. The minimum absolute atomic E-state index is 1.10. The molecule has 0 nitrogen and oxygen atoms in total. The van der Waals surface area contributed by atoms with E-state index in [4.69, 9.17) is 0 Å². The first-order valence-corrected chi connectivity index (χ1v) is 6.75. The van der Waals surface area contributed by atoms with Crippen molar-refractivity contribution in [2.24, 2.45) is 0 Å². The molecule has 1 rings (SSSR count). The van der Waals surface area contributed by atoms with E-state index < -0.39 is 0 Å². The van der Waals surface area contributed by atoms with Crippen molar-refractivity contribution in [3.05, 3.63) is 71.9 Å². The first-order valence-electron chi connectivity index (χ1n) is 6.75. The maximum Gasteiger partial charge on any atom is -0.0184 e. The monoisotopic (exact) mass is 240 g/mol. The quantitative estimate of drug-likeness (QED) is 0.542. The fourth-order valence-electron chi connectivity index (χ4n) is 2.35. The molecule has 0 aliphatic heterocycles. The lowest BCUT2D eigenvalue weighted by Gasteiger charge is -2.18. The van der Waals surface area contributed by atoms with Crippen LogP contribution in [0.1, 0.15) is 39.5 Å². The highest BCUT2D eigenvalue weighted by molar-refractivity contribution is 5.58. The summed E-state index contributed by atoms with van der Waals surface area (Å²) in [5, 5.41) is 0. The highest BCUT2D eigenvalue weighted by atomic mass is 14.2. The first-order chi connectivity index (χ1) is 8.74. The van der Waals surface area contributed by atoms with E-state index in [-0.39, 0.29) is 0 Å². The van der Waals surface area contributed by atoms with Crippen molar-refractivity contribution >= 4 is 0 Å². The van der Waals surface area contributed by atoms with Crippen LogP contribution in [0.3, 0.4) is 0 Å². The van der Waals surface area contributed by atoms with Gasteiger partial charge in [-0.15, -0.1) is 0 Å². The van der Waals surface area contributed by atoms with Gasteiger partial charge in [0.2, 0.25) is 0 Å². The summed E-state index contributed by atoms with van der Waals surface area (Å²) in [5.74, 6) is 0. The van der Waals surface area contributed by atoms with Gasteiger partial charge in [-0.05, 0) is 61.8 Å². The minimum Gasteiger partial charge on any atom is -0.0990 e. The predicted molar refractivity (Wildman–Crippen MR) is 82.5 cm³/mol. The molecule has 0 heteroatoms. The standard InChI is InChI=1S/C18H24/c1-5-11-16(12-6-2)15(4)18(7-3)17-13-9-8-10-14-17/h5-7,11-13H,1,4,8-10,14H2,2-3H3/b12-6-,16-11+,18-7+. The van der Waals surface area contributed by atoms with E-state index in [1.165, 1.54) is 36.8 Å². The molecule has 0 aromatic rings. The lowest BCUT2D eigenvalue weighted by Crippen LogP contribution is -1.99. The molecule has 0 saturated heterocycles. The van der Waals surface area contributed by atoms with Gasteiger partial charge in [-0.1, -0.05) is 49.6 Å². The Morgan fingerprint density at radius 2 is 2.06 bits per heavy atom. The fourth-order valence-corrected chi connectivity index (χ4v) is 2.35. The molecule has 18 heavy (non-hydrogen) atoms. The van der Waals surface area contributed by atoms with Crippen LogP contribution in [0.4, 0.5) is 0 Å². The molecule has 0 fully saturated rings. The molecule has 0 aromatic heterocycles. The summed E-state index contributed by atoms with van der Waals surface area (Å²) in [5.41, 5.74) is 4.99. The SMILES string of the molecule is C=C/C=C(\C=C/C)C(=C)/C(=C\C)C1=CCCCC1. The molecule has 0 aromatic carbocycles. The lowest BCUT2D eigenvalue weighted by molar-refractivity contribution is 0.707. The van der Waals surface area contributed by atoms with Gasteiger partial charge in [0.1, 0.15) is 0 Å². The zero-order chi connectivity index (χ0) is 13.4. The molecular weight excluding hydrogens is 216 g/mol. The van der Waals surface area contributed by atoms with Crippen LogP contribution in [0.25, 0.3) is 0 Å². The summed E-state index contributed by atoms with van der Waals surface area (Å²) in [7, 11) is 0. The maximum absolute atomic E-state index is 4.26. The number of hydrogen-bond acceptors (Lipinski definition) is 0. The molecule has 1 aliphatic rings. The van der Waals surface area contributed by atoms with Crippen molar-refractivity contribution in [1.29, 1.82) is 0 Å². The Bertz CT molecular complexity index is 425. The smallest absolute Gasteiger partial charge is 0.0184 e. The van der Waals surface area contributed by atoms with Crippen LogP contribution in [-0.2, 0) is 0 Å². The molecule has 0 spiro atoms. The number of hydrogen-bond donors (Lipinski definition) is 0. The number of allylic oxidation sites excluding steroid dienone is 10. The van der Waals surface area contributed by atoms with Gasteiger partial charge in [0.15, 0.2) is 0 Å². The van der Waals surface area contributed by atoms with Crippen LogP contribution in [0.2, 0.25) is 0 Å². The van der Waals surface area contributed by atoms with E-state index in [2.05, 4.69) is 38.3 Å².